The first kappa shape index (κ1) is 51.8. The Hall–Kier alpha value is -5.58. The van der Waals surface area contributed by atoms with E-state index in [2.05, 4.69) is 10.6 Å². The monoisotopic (exact) mass is 956 g/mol. The fourth-order valence-corrected chi connectivity index (χ4v) is 9.44. The highest BCUT2D eigenvalue weighted by atomic mass is 16.5. The van der Waals surface area contributed by atoms with E-state index in [9.17, 15) is 58.2 Å². The molecule has 6 aliphatic rings. The second kappa shape index (κ2) is 19.8. The Morgan fingerprint density at radius 3 is 1.09 bits per heavy atom. The van der Waals surface area contributed by atoms with Crippen LogP contribution in [-0.4, -0.2) is 166 Å². The molecule has 68 heavy (non-hydrogen) atoms. The molecule has 6 aliphatic heterocycles. The highest BCUT2D eigenvalue weighted by Gasteiger charge is 2.62. The molecule has 0 aromatic heterocycles. The number of amides is 10. The van der Waals surface area contributed by atoms with Gasteiger partial charge in [0.05, 0.1) is 87.4 Å². The number of urea groups is 2. The van der Waals surface area contributed by atoms with Crippen LogP contribution in [-0.2, 0) is 57.3 Å². The van der Waals surface area contributed by atoms with Gasteiger partial charge >= 0.3 is 24.0 Å². The molecular weight excluding hydrogens is 893 g/mol. The highest BCUT2D eigenvalue weighted by molar-refractivity contribution is 6.09. The van der Waals surface area contributed by atoms with Gasteiger partial charge in [0.15, 0.2) is 0 Å². The maximum Gasteiger partial charge on any atom is 0.344 e. The summed E-state index contributed by atoms with van der Waals surface area (Å²) in [7, 11) is 0. The predicted molar refractivity (Wildman–Crippen MR) is 234 cm³/mol. The Bertz CT molecular complexity index is 1940. The molecule has 0 spiro atoms. The first-order chi connectivity index (χ1) is 31.6. The van der Waals surface area contributed by atoms with Gasteiger partial charge in [0.25, 0.3) is 11.8 Å². The van der Waals surface area contributed by atoms with E-state index in [-0.39, 0.29) is 62.4 Å². The number of aliphatic carboxylic acids is 2. The van der Waals surface area contributed by atoms with Crippen molar-refractivity contribution in [1.82, 2.24) is 30.5 Å². The molecule has 4 bridgehead atoms. The molecule has 0 aliphatic carbocycles. The van der Waals surface area contributed by atoms with E-state index in [4.69, 9.17) is 18.9 Å². The van der Waals surface area contributed by atoms with Gasteiger partial charge in [-0.1, -0.05) is 79.7 Å². The van der Waals surface area contributed by atoms with Crippen LogP contribution in [0.5, 0.6) is 0 Å². The van der Waals surface area contributed by atoms with Gasteiger partial charge in [0, 0.05) is 49.9 Å². The summed E-state index contributed by atoms with van der Waals surface area (Å²) in [5.74, 6) is -9.83. The molecule has 10 amide bonds. The van der Waals surface area contributed by atoms with Crippen LogP contribution < -0.4 is 10.6 Å². The van der Waals surface area contributed by atoms with E-state index in [1.54, 1.807) is 79.7 Å². The van der Waals surface area contributed by atoms with Gasteiger partial charge in [0.1, 0.15) is 0 Å². The lowest BCUT2D eigenvalue weighted by molar-refractivity contribution is -0.154. The van der Waals surface area contributed by atoms with E-state index in [1.165, 1.54) is 0 Å². The molecule has 6 heterocycles. The second-order valence-corrected chi connectivity index (χ2v) is 21.7. The number of nitrogens with one attached hydrogen (secondary N) is 2. The smallest absolute Gasteiger partial charge is 0.344 e. The van der Waals surface area contributed by atoms with Crippen LogP contribution >= 0.6 is 0 Å². The molecule has 4 saturated heterocycles. The third-order valence-corrected chi connectivity index (χ3v) is 12.8. The minimum atomic E-state index is -1.25. The number of hydrogen-bond donors (Lipinski definition) is 4. The average Bonchev–Trinajstić information content (AvgIpc) is 4.09. The van der Waals surface area contributed by atoms with Crippen molar-refractivity contribution in [3.63, 3.8) is 0 Å². The summed E-state index contributed by atoms with van der Waals surface area (Å²) >= 11 is 0. The largest absolute Gasteiger partial charge is 0.481 e. The molecule has 374 valence electrons. The molecule has 22 heteroatoms. The number of carboxylic acids is 2. The van der Waals surface area contributed by atoms with E-state index >= 15 is 0 Å². The molecule has 6 rings (SSSR count). The van der Waals surface area contributed by atoms with Crippen molar-refractivity contribution in [2.75, 3.05) is 52.6 Å². The molecule has 0 aromatic rings. The van der Waals surface area contributed by atoms with Crippen LogP contribution in [0.2, 0.25) is 0 Å². The number of carbonyl (C=O) groups is 10. The van der Waals surface area contributed by atoms with Crippen molar-refractivity contribution in [2.24, 2.45) is 45.3 Å². The minimum Gasteiger partial charge on any atom is -0.481 e. The lowest BCUT2D eigenvalue weighted by atomic mass is 9.85. The quantitative estimate of drug-likeness (QED) is 0.0683. The lowest BCUT2D eigenvalue weighted by Crippen LogP contribution is -2.62. The number of hydrazine groups is 1. The molecule has 4 fully saturated rings. The second-order valence-electron chi connectivity index (χ2n) is 21.7. The van der Waals surface area contributed by atoms with Crippen molar-refractivity contribution in [3.05, 3.63) is 24.3 Å². The summed E-state index contributed by atoms with van der Waals surface area (Å²) in [5, 5.41) is 24.3. The van der Waals surface area contributed by atoms with E-state index in [1.807, 2.05) is 0 Å². The van der Waals surface area contributed by atoms with Gasteiger partial charge in [0.2, 0.25) is 23.6 Å². The molecule has 8 unspecified atom stereocenters. The van der Waals surface area contributed by atoms with Crippen LogP contribution in [0.25, 0.3) is 0 Å². The third kappa shape index (κ3) is 11.5. The number of carboxylic acid groups (broad SMARTS) is 2. The van der Waals surface area contributed by atoms with Gasteiger partial charge in [-0.2, -0.15) is 10.0 Å². The summed E-state index contributed by atoms with van der Waals surface area (Å²) in [6.45, 7) is 12.4. The number of imide groups is 4. The third-order valence-electron chi connectivity index (χ3n) is 12.8. The Kier molecular flexibility index (Phi) is 15.1. The zero-order valence-corrected chi connectivity index (χ0v) is 39.8. The van der Waals surface area contributed by atoms with E-state index in [0.717, 1.165) is 9.80 Å². The van der Waals surface area contributed by atoms with Crippen LogP contribution in [0.3, 0.4) is 0 Å². The van der Waals surface area contributed by atoms with Crippen molar-refractivity contribution in [2.45, 2.75) is 105 Å². The maximum absolute atomic E-state index is 14.5. The van der Waals surface area contributed by atoms with Crippen molar-refractivity contribution in [3.8, 4) is 0 Å². The number of hydrogen-bond acceptors (Lipinski definition) is 14. The van der Waals surface area contributed by atoms with Gasteiger partial charge < -0.3 is 39.8 Å². The molecule has 0 radical (unpaired) electrons. The number of carbonyl (C=O) groups excluding carboxylic acids is 8. The topological polar surface area (TPSA) is 285 Å². The molecular formula is C46H64N6O16. The fourth-order valence-electron chi connectivity index (χ4n) is 9.44. The standard InChI is InChI=1S/C46H64N6O16/c1-43(2,17-31(55)56)21-65-23-45(5,6)19-47-41(63)51(29(53)13-15-49-37(59)33-25-9-10-26(67-25)34(33)38(49)60)52(42(64)48-20-46(7,8)24-66-22-44(3,4)18-32(57)58)30(54)14-16-50-39(61)35-27-11-12-28(68-27)36(35)40(50)62/h9-12,25-28,33-36H,13-24H2,1-8H3,(H,47,63)(H,48,64)(H,55,56)(H,57,58). The summed E-state index contributed by atoms with van der Waals surface area (Å²) in [6, 6.07) is -2.51. The summed E-state index contributed by atoms with van der Waals surface area (Å²) in [6.07, 6.45) is 2.55. The summed E-state index contributed by atoms with van der Waals surface area (Å²) in [4.78, 5) is 136. The zero-order valence-electron chi connectivity index (χ0n) is 39.8. The van der Waals surface area contributed by atoms with Gasteiger partial charge in [-0.15, -0.1) is 0 Å². The molecule has 8 atom stereocenters. The minimum absolute atomic E-state index is 0.00226. The van der Waals surface area contributed by atoms with Gasteiger partial charge in [-0.25, -0.2) is 9.59 Å². The van der Waals surface area contributed by atoms with Crippen molar-refractivity contribution >= 4 is 59.4 Å². The molecule has 0 saturated carbocycles. The summed E-state index contributed by atoms with van der Waals surface area (Å²) in [5.41, 5.74) is -3.21. The Balaban J connectivity index is 1.23. The van der Waals surface area contributed by atoms with Crippen LogP contribution in [0, 0.1) is 45.3 Å². The first-order valence-electron chi connectivity index (χ1n) is 22.8. The Morgan fingerprint density at radius 1 is 0.529 bits per heavy atom. The van der Waals surface area contributed by atoms with E-state index < -0.39 is 155 Å². The van der Waals surface area contributed by atoms with Gasteiger partial charge in [-0.05, 0) is 10.8 Å². The number of fused-ring (bicyclic) bond motifs is 10. The van der Waals surface area contributed by atoms with E-state index in [0.29, 0.717) is 0 Å². The normalized spacial score (nSPS) is 25.9. The zero-order chi connectivity index (χ0) is 50.3. The number of rotatable bonds is 22. The first-order valence-corrected chi connectivity index (χ1v) is 22.8. The SMILES string of the molecule is CC(C)(CNC(=O)N(C(=O)CCN1C(=O)C2C3C=CC(O3)C2C1=O)N(C(=O)CCN1C(=O)C2C3C=CC(O3)C2C1=O)C(=O)NCC(C)(C)COCC(C)(C)CC(=O)O)COCC(C)(C)CC(=O)O. The van der Waals surface area contributed by atoms with Crippen LogP contribution in [0.15, 0.2) is 24.3 Å². The number of likely N-dealkylation sites (tertiary alicyclic amines) is 2. The molecule has 22 nitrogen and oxygen atoms in total. The number of nitrogens with zero attached hydrogens (tertiary/aromatic N) is 4. The van der Waals surface area contributed by atoms with Gasteiger partial charge in [-0.3, -0.25) is 48.2 Å². The summed E-state index contributed by atoms with van der Waals surface area (Å²) < 4.78 is 23.1. The van der Waals surface area contributed by atoms with Crippen LogP contribution in [0.1, 0.15) is 81.1 Å². The van der Waals surface area contributed by atoms with Crippen molar-refractivity contribution in [1.29, 1.82) is 0 Å². The Labute approximate surface area is 394 Å². The predicted octanol–water partition coefficient (Wildman–Crippen LogP) is 1.72. The average molecular weight is 957 g/mol. The lowest BCUT2D eigenvalue weighted by Gasteiger charge is -2.35. The van der Waals surface area contributed by atoms with Crippen molar-refractivity contribution < 1.29 is 77.1 Å². The fraction of sp³-hybridized carbons (Fsp3) is 0.696. The highest BCUT2D eigenvalue weighted by Crippen LogP contribution is 2.46. The molecule has 0 aromatic carbocycles. The maximum atomic E-state index is 14.5. The molecule has 4 N–H and O–H groups in total. The van der Waals surface area contributed by atoms with Crippen LogP contribution in [0.4, 0.5) is 9.59 Å². The Morgan fingerprint density at radius 2 is 0.809 bits per heavy atom. The number of ether oxygens (including phenoxy) is 4.